The summed E-state index contributed by atoms with van der Waals surface area (Å²) in [6.45, 7) is 1.44. The second-order valence-electron chi connectivity index (χ2n) is 7.23. The predicted molar refractivity (Wildman–Crippen MR) is 122 cm³/mol. The van der Waals surface area contributed by atoms with Crippen LogP contribution in [-0.4, -0.2) is 48.8 Å². The van der Waals surface area contributed by atoms with E-state index >= 15 is 0 Å². The van der Waals surface area contributed by atoms with Crippen LogP contribution in [0.4, 0.5) is 13.2 Å². The summed E-state index contributed by atoms with van der Waals surface area (Å²) in [5.41, 5.74) is 10.8. The first-order chi connectivity index (χ1) is 16.5. The molecule has 6 N–H and O–H groups in total. The van der Waals surface area contributed by atoms with E-state index in [4.69, 9.17) is 42.2 Å². The Morgan fingerprint density at radius 2 is 1.97 bits per heavy atom. The molecule has 35 heavy (non-hydrogen) atoms. The van der Waals surface area contributed by atoms with Gasteiger partial charge in [0.2, 0.25) is 11.7 Å². The summed E-state index contributed by atoms with van der Waals surface area (Å²) in [4.78, 5) is 27.0. The van der Waals surface area contributed by atoms with Crippen molar-refractivity contribution < 1.29 is 37.4 Å². The number of carbonyl (C=O) groups is 2. The first-order valence-corrected chi connectivity index (χ1v) is 10.7. The molecule has 0 saturated heterocycles. The molecule has 9 nitrogen and oxygen atoms in total. The van der Waals surface area contributed by atoms with E-state index in [-0.39, 0.29) is 11.7 Å². The fraction of sp³-hybridized carbons (Fsp3) is 0.318. The van der Waals surface area contributed by atoms with Crippen LogP contribution in [0.15, 0.2) is 53.3 Å². The van der Waals surface area contributed by atoms with Gasteiger partial charge < -0.3 is 20.9 Å². The SMILES string of the molecule is N=C(N)NOCCCOc1cc(Cl)cc(C(=O)C2=C3CC=CC=C3CCN2)c1.O=C(O)C(F)(F)F. The van der Waals surface area contributed by atoms with E-state index in [1.807, 2.05) is 6.08 Å². The van der Waals surface area contributed by atoms with Crippen LogP contribution in [0.2, 0.25) is 5.02 Å². The number of Topliss-reactive ketones (excluding diaryl/α,β-unsaturated/α-hetero) is 1. The van der Waals surface area contributed by atoms with Crippen molar-refractivity contribution in [3.05, 3.63) is 63.9 Å². The topological polar surface area (TPSA) is 147 Å². The van der Waals surface area contributed by atoms with Crippen molar-refractivity contribution in [1.82, 2.24) is 10.8 Å². The molecule has 1 aromatic carbocycles. The van der Waals surface area contributed by atoms with E-state index in [0.717, 1.165) is 25.0 Å². The van der Waals surface area contributed by atoms with Gasteiger partial charge in [-0.2, -0.15) is 13.2 Å². The van der Waals surface area contributed by atoms with Crippen molar-refractivity contribution in [2.45, 2.75) is 25.4 Å². The number of alkyl halides is 3. The molecule has 2 aliphatic rings. The molecule has 0 aromatic heterocycles. The number of guanidine groups is 1. The highest BCUT2D eigenvalue weighted by Crippen LogP contribution is 2.30. The summed E-state index contributed by atoms with van der Waals surface area (Å²) < 4.78 is 37.4. The Labute approximate surface area is 203 Å². The van der Waals surface area contributed by atoms with Crippen LogP contribution in [0.5, 0.6) is 5.75 Å². The van der Waals surface area contributed by atoms with Gasteiger partial charge >= 0.3 is 12.1 Å². The molecule has 0 radical (unpaired) electrons. The van der Waals surface area contributed by atoms with Crippen molar-refractivity contribution in [3.63, 3.8) is 0 Å². The fourth-order valence-corrected chi connectivity index (χ4v) is 3.34. The number of allylic oxidation sites excluding steroid dienone is 5. The van der Waals surface area contributed by atoms with E-state index in [9.17, 15) is 18.0 Å². The zero-order chi connectivity index (χ0) is 26.0. The molecule has 1 aliphatic heterocycles. The molecule has 0 amide bonds. The van der Waals surface area contributed by atoms with Gasteiger partial charge in [0.1, 0.15) is 5.75 Å². The highest BCUT2D eigenvalue weighted by atomic mass is 35.5. The first-order valence-electron chi connectivity index (χ1n) is 10.3. The molecule has 13 heteroatoms. The lowest BCUT2D eigenvalue weighted by Crippen LogP contribution is -2.30. The van der Waals surface area contributed by atoms with Crippen molar-refractivity contribution in [2.24, 2.45) is 5.73 Å². The third kappa shape index (κ3) is 8.98. The maximum atomic E-state index is 13.1. The number of carbonyl (C=O) groups excluding carboxylic acids is 1. The average molecular weight is 517 g/mol. The molecule has 0 spiro atoms. The molecule has 0 unspecified atom stereocenters. The third-order valence-corrected chi connectivity index (χ3v) is 4.80. The molecule has 0 saturated carbocycles. The molecule has 3 rings (SSSR count). The van der Waals surface area contributed by atoms with Gasteiger partial charge in [-0.05, 0) is 42.2 Å². The number of fused-ring (bicyclic) bond motifs is 1. The van der Waals surface area contributed by atoms with Crippen LogP contribution in [0, 0.1) is 5.41 Å². The molecule has 190 valence electrons. The number of halogens is 4. The van der Waals surface area contributed by atoms with Crippen LogP contribution in [-0.2, 0) is 9.63 Å². The van der Waals surface area contributed by atoms with E-state index in [1.54, 1.807) is 18.2 Å². The van der Waals surface area contributed by atoms with Gasteiger partial charge in [-0.3, -0.25) is 15.0 Å². The van der Waals surface area contributed by atoms with Gasteiger partial charge in [-0.15, -0.1) is 0 Å². The predicted octanol–water partition coefficient (Wildman–Crippen LogP) is 3.47. The van der Waals surface area contributed by atoms with Gasteiger partial charge in [0.15, 0.2) is 0 Å². The Morgan fingerprint density at radius 1 is 1.26 bits per heavy atom. The Hall–Kier alpha value is -3.51. The maximum Gasteiger partial charge on any atom is 0.490 e. The van der Waals surface area contributed by atoms with Crippen LogP contribution in [0.3, 0.4) is 0 Å². The fourth-order valence-electron chi connectivity index (χ4n) is 3.12. The molecule has 0 atom stereocenters. The number of nitrogens with two attached hydrogens (primary N) is 1. The lowest BCUT2D eigenvalue weighted by molar-refractivity contribution is -0.192. The number of ketones is 1. The number of benzene rings is 1. The quantitative estimate of drug-likeness (QED) is 0.116. The van der Waals surface area contributed by atoms with Gasteiger partial charge in [-0.1, -0.05) is 29.8 Å². The molecule has 0 fully saturated rings. The number of hydrogen-bond donors (Lipinski definition) is 5. The molecule has 1 aromatic rings. The minimum Gasteiger partial charge on any atom is -0.493 e. The number of rotatable bonds is 8. The number of ether oxygens (including phenoxy) is 1. The van der Waals surface area contributed by atoms with Crippen LogP contribution in [0.1, 0.15) is 29.6 Å². The summed E-state index contributed by atoms with van der Waals surface area (Å²) in [7, 11) is 0. The Bertz CT molecular complexity index is 1050. The summed E-state index contributed by atoms with van der Waals surface area (Å²) in [5, 5.41) is 17.8. The summed E-state index contributed by atoms with van der Waals surface area (Å²) >= 11 is 6.20. The van der Waals surface area contributed by atoms with Crippen molar-refractivity contribution in [3.8, 4) is 5.75 Å². The van der Waals surface area contributed by atoms with E-state index in [0.29, 0.717) is 41.7 Å². The number of nitrogens with one attached hydrogen (secondary N) is 3. The minimum atomic E-state index is -5.08. The van der Waals surface area contributed by atoms with Gasteiger partial charge in [0.25, 0.3) is 0 Å². The standard InChI is InChI=1S/C20H23ClN4O3.C2HF3O2/c21-15-10-14(11-16(12-15)27-8-3-9-28-25-20(22)23)19(26)18-17-5-2-1-4-13(17)6-7-24-18;3-2(4,5)1(6)7/h1-2,4,10-12,24H,3,5-9H2,(H4,22,23,25);(H,6,7). The summed E-state index contributed by atoms with van der Waals surface area (Å²) in [6.07, 6.45) is 3.32. The molecule has 0 bridgehead atoms. The van der Waals surface area contributed by atoms with E-state index in [1.165, 1.54) is 5.57 Å². The first kappa shape index (κ1) is 27.7. The second kappa shape index (κ2) is 12.8. The number of carboxylic acids is 1. The summed E-state index contributed by atoms with van der Waals surface area (Å²) in [6, 6.07) is 5.03. The Kier molecular flexibility index (Phi) is 10.2. The van der Waals surface area contributed by atoms with E-state index < -0.39 is 12.1 Å². The number of carboxylic acid groups (broad SMARTS) is 1. The van der Waals surface area contributed by atoms with Gasteiger partial charge in [0.05, 0.1) is 18.9 Å². The minimum absolute atomic E-state index is 0.0859. The van der Waals surface area contributed by atoms with Crippen LogP contribution < -0.4 is 21.3 Å². The Morgan fingerprint density at radius 3 is 2.63 bits per heavy atom. The van der Waals surface area contributed by atoms with Crippen LogP contribution >= 0.6 is 11.6 Å². The van der Waals surface area contributed by atoms with Gasteiger partial charge in [-0.25, -0.2) is 10.3 Å². The van der Waals surface area contributed by atoms with E-state index in [2.05, 4.69) is 22.9 Å². The van der Waals surface area contributed by atoms with Crippen molar-refractivity contribution in [1.29, 1.82) is 5.41 Å². The maximum absolute atomic E-state index is 13.1. The lowest BCUT2D eigenvalue weighted by atomic mass is 9.88. The Balaban J connectivity index is 0.000000540. The smallest absolute Gasteiger partial charge is 0.490 e. The van der Waals surface area contributed by atoms with Crippen molar-refractivity contribution in [2.75, 3.05) is 19.8 Å². The lowest BCUT2D eigenvalue weighted by Gasteiger charge is -2.25. The highest BCUT2D eigenvalue weighted by Gasteiger charge is 2.38. The summed E-state index contributed by atoms with van der Waals surface area (Å²) in [5.74, 6) is -2.57. The van der Waals surface area contributed by atoms with Crippen molar-refractivity contribution >= 4 is 29.3 Å². The number of hydroxylamine groups is 1. The molecular formula is C22H24ClF3N4O5. The zero-order valence-electron chi connectivity index (χ0n) is 18.4. The second-order valence-corrected chi connectivity index (χ2v) is 7.66. The monoisotopic (exact) mass is 516 g/mol. The van der Waals surface area contributed by atoms with Gasteiger partial charge in [0, 0.05) is 23.6 Å². The molecule has 1 heterocycles. The number of hydrogen-bond acceptors (Lipinski definition) is 6. The van der Waals surface area contributed by atoms with Crippen LogP contribution in [0.25, 0.3) is 0 Å². The molecular weight excluding hydrogens is 493 g/mol. The molecule has 1 aliphatic carbocycles. The largest absolute Gasteiger partial charge is 0.493 e. The normalized spacial score (nSPS) is 14.6. The average Bonchev–Trinajstić information content (AvgIpc) is 2.79. The zero-order valence-corrected chi connectivity index (χ0v) is 19.1. The third-order valence-electron chi connectivity index (χ3n) is 4.59. The highest BCUT2D eigenvalue weighted by molar-refractivity contribution is 6.31. The number of aliphatic carboxylic acids is 1.